The van der Waals surface area contributed by atoms with Crippen molar-refractivity contribution in [1.82, 2.24) is 4.90 Å². The van der Waals surface area contributed by atoms with Crippen LogP contribution in [-0.2, 0) is 6.54 Å². The van der Waals surface area contributed by atoms with E-state index < -0.39 is 11.5 Å². The third-order valence-corrected chi connectivity index (χ3v) is 5.45. The highest BCUT2D eigenvalue weighted by molar-refractivity contribution is 6.30. The maximum Gasteiger partial charge on any atom is 0.134 e. The van der Waals surface area contributed by atoms with Gasteiger partial charge in [-0.15, -0.1) is 0 Å². The molecule has 1 aliphatic rings. The number of likely N-dealkylation sites (tertiary alicyclic amines) is 1. The standard InChI is InChI=1S/C20H26ClNO3/c1-2-10-20(14-23)13-22(11-9-19(20)24)12-17-7-8-18(25-17)15-3-5-16(21)6-4-15/h3-8,19,23-24H,2,9-14H2,1H3/t19-,20-/m1/s1. The molecule has 3 rings (SSSR count). The van der Waals surface area contributed by atoms with Crippen molar-refractivity contribution in [3.05, 3.63) is 47.2 Å². The summed E-state index contributed by atoms with van der Waals surface area (Å²) in [5.74, 6) is 1.72. The van der Waals surface area contributed by atoms with Crippen LogP contribution < -0.4 is 0 Å². The highest BCUT2D eigenvalue weighted by atomic mass is 35.5. The molecule has 5 heteroatoms. The SMILES string of the molecule is CCC[C@]1(CO)CN(Cc2ccc(-c3ccc(Cl)cc3)o2)CC[C@H]1O. The van der Waals surface area contributed by atoms with Crippen molar-refractivity contribution >= 4 is 11.6 Å². The maximum absolute atomic E-state index is 10.4. The topological polar surface area (TPSA) is 56.8 Å². The van der Waals surface area contributed by atoms with Crippen LogP contribution in [0.2, 0.25) is 5.02 Å². The number of hydrogen-bond donors (Lipinski definition) is 2. The van der Waals surface area contributed by atoms with Crippen LogP contribution in [-0.4, -0.2) is 40.9 Å². The van der Waals surface area contributed by atoms with Gasteiger partial charge in [0.05, 0.1) is 19.3 Å². The summed E-state index contributed by atoms with van der Waals surface area (Å²) in [4.78, 5) is 2.27. The molecule has 1 saturated heterocycles. The molecule has 4 nitrogen and oxygen atoms in total. The number of halogens is 1. The van der Waals surface area contributed by atoms with E-state index in [1.54, 1.807) is 0 Å². The molecule has 0 unspecified atom stereocenters. The van der Waals surface area contributed by atoms with Crippen LogP contribution in [0.1, 0.15) is 31.9 Å². The van der Waals surface area contributed by atoms with E-state index in [4.69, 9.17) is 16.0 Å². The van der Waals surface area contributed by atoms with Gasteiger partial charge in [0.25, 0.3) is 0 Å². The third-order valence-electron chi connectivity index (χ3n) is 5.20. The summed E-state index contributed by atoms with van der Waals surface area (Å²) in [6.07, 6.45) is 2.03. The molecule has 2 atom stereocenters. The second-order valence-corrected chi connectivity index (χ2v) is 7.49. The highest BCUT2D eigenvalue weighted by Crippen LogP contribution is 2.35. The molecule has 0 spiro atoms. The predicted octanol–water partition coefficient (Wildman–Crippen LogP) is 3.95. The minimum absolute atomic E-state index is 0.0205. The van der Waals surface area contributed by atoms with Gasteiger partial charge in [0.1, 0.15) is 11.5 Å². The van der Waals surface area contributed by atoms with Gasteiger partial charge in [-0.3, -0.25) is 4.90 Å². The predicted molar refractivity (Wildman–Crippen MR) is 99.5 cm³/mol. The Morgan fingerprint density at radius 2 is 2.00 bits per heavy atom. The molecule has 0 saturated carbocycles. The zero-order chi connectivity index (χ0) is 17.9. The largest absolute Gasteiger partial charge is 0.460 e. The van der Waals surface area contributed by atoms with E-state index in [9.17, 15) is 10.2 Å². The van der Waals surface area contributed by atoms with Crippen LogP contribution in [0, 0.1) is 5.41 Å². The lowest BCUT2D eigenvalue weighted by Gasteiger charge is -2.45. The summed E-state index contributed by atoms with van der Waals surface area (Å²) in [6.45, 7) is 4.30. The Balaban J connectivity index is 1.69. The van der Waals surface area contributed by atoms with Crippen molar-refractivity contribution in [2.24, 2.45) is 5.41 Å². The Kier molecular flexibility index (Phi) is 5.85. The first kappa shape index (κ1) is 18.5. The number of aliphatic hydroxyl groups excluding tert-OH is 2. The second kappa shape index (κ2) is 7.92. The zero-order valence-electron chi connectivity index (χ0n) is 14.6. The molecule has 1 aromatic heterocycles. The Morgan fingerprint density at radius 3 is 2.68 bits per heavy atom. The second-order valence-electron chi connectivity index (χ2n) is 7.06. The molecule has 2 aromatic rings. The lowest BCUT2D eigenvalue weighted by Crippen LogP contribution is -2.53. The molecule has 0 bridgehead atoms. The van der Waals surface area contributed by atoms with E-state index in [-0.39, 0.29) is 6.61 Å². The molecular formula is C20H26ClNO3. The number of nitrogens with zero attached hydrogens (tertiary/aromatic N) is 1. The van der Waals surface area contributed by atoms with Gasteiger partial charge >= 0.3 is 0 Å². The number of aliphatic hydroxyl groups is 2. The zero-order valence-corrected chi connectivity index (χ0v) is 15.4. The van der Waals surface area contributed by atoms with Crippen LogP contribution in [0.15, 0.2) is 40.8 Å². The molecule has 136 valence electrons. The smallest absolute Gasteiger partial charge is 0.134 e. The quantitative estimate of drug-likeness (QED) is 0.816. The molecule has 1 fully saturated rings. The summed E-state index contributed by atoms with van der Waals surface area (Å²) in [5.41, 5.74) is 0.582. The van der Waals surface area contributed by atoms with Crippen LogP contribution in [0.5, 0.6) is 0 Å². The minimum atomic E-state index is -0.435. The van der Waals surface area contributed by atoms with Crippen LogP contribution in [0.25, 0.3) is 11.3 Å². The first-order valence-electron chi connectivity index (χ1n) is 8.92. The molecule has 2 heterocycles. The summed E-state index contributed by atoms with van der Waals surface area (Å²) in [7, 11) is 0. The third kappa shape index (κ3) is 4.09. The number of benzene rings is 1. The molecular weight excluding hydrogens is 338 g/mol. The van der Waals surface area contributed by atoms with Gasteiger partial charge in [-0.05, 0) is 49.2 Å². The van der Waals surface area contributed by atoms with Gasteiger partial charge in [0, 0.05) is 29.1 Å². The van der Waals surface area contributed by atoms with E-state index in [0.29, 0.717) is 24.5 Å². The van der Waals surface area contributed by atoms with Gasteiger partial charge in [-0.1, -0.05) is 24.9 Å². The molecule has 0 radical (unpaired) electrons. The average Bonchev–Trinajstić information content (AvgIpc) is 3.07. The van der Waals surface area contributed by atoms with Gasteiger partial charge < -0.3 is 14.6 Å². The number of hydrogen-bond acceptors (Lipinski definition) is 4. The first-order chi connectivity index (χ1) is 12.1. The van der Waals surface area contributed by atoms with Crippen molar-refractivity contribution in [2.75, 3.05) is 19.7 Å². The Labute approximate surface area is 154 Å². The maximum atomic E-state index is 10.4. The van der Waals surface area contributed by atoms with E-state index in [1.807, 2.05) is 36.4 Å². The molecule has 0 aliphatic carbocycles. The van der Waals surface area contributed by atoms with E-state index in [0.717, 1.165) is 36.5 Å². The first-order valence-corrected chi connectivity index (χ1v) is 9.30. The van der Waals surface area contributed by atoms with E-state index >= 15 is 0 Å². The monoisotopic (exact) mass is 363 g/mol. The van der Waals surface area contributed by atoms with Crippen molar-refractivity contribution < 1.29 is 14.6 Å². The average molecular weight is 364 g/mol. The Hall–Kier alpha value is -1.33. The van der Waals surface area contributed by atoms with Gasteiger partial charge in [-0.2, -0.15) is 0 Å². The van der Waals surface area contributed by atoms with E-state index in [1.165, 1.54) is 0 Å². The van der Waals surface area contributed by atoms with E-state index in [2.05, 4.69) is 11.8 Å². The molecule has 25 heavy (non-hydrogen) atoms. The minimum Gasteiger partial charge on any atom is -0.460 e. The molecule has 0 amide bonds. The summed E-state index contributed by atoms with van der Waals surface area (Å²) >= 11 is 5.93. The Bertz CT molecular complexity index is 685. The number of rotatable bonds is 6. The fraction of sp³-hybridized carbons (Fsp3) is 0.500. The lowest BCUT2D eigenvalue weighted by atomic mass is 9.74. The normalized spacial score (nSPS) is 24.6. The van der Waals surface area contributed by atoms with Crippen LogP contribution in [0.3, 0.4) is 0 Å². The van der Waals surface area contributed by atoms with Crippen molar-refractivity contribution in [3.63, 3.8) is 0 Å². The van der Waals surface area contributed by atoms with Crippen LogP contribution >= 0.6 is 11.6 Å². The van der Waals surface area contributed by atoms with Crippen LogP contribution in [0.4, 0.5) is 0 Å². The molecule has 1 aliphatic heterocycles. The van der Waals surface area contributed by atoms with Gasteiger partial charge in [-0.25, -0.2) is 0 Å². The van der Waals surface area contributed by atoms with Crippen molar-refractivity contribution in [1.29, 1.82) is 0 Å². The molecule has 1 aromatic carbocycles. The summed E-state index contributed by atoms with van der Waals surface area (Å²) in [6, 6.07) is 11.6. The summed E-state index contributed by atoms with van der Waals surface area (Å²) in [5, 5.41) is 21.0. The van der Waals surface area contributed by atoms with Gasteiger partial charge in [0.15, 0.2) is 0 Å². The van der Waals surface area contributed by atoms with Crippen molar-refractivity contribution in [2.45, 2.75) is 38.8 Å². The number of piperidine rings is 1. The fourth-order valence-electron chi connectivity index (χ4n) is 3.81. The Morgan fingerprint density at radius 1 is 1.24 bits per heavy atom. The summed E-state index contributed by atoms with van der Waals surface area (Å²) < 4.78 is 5.99. The number of furan rings is 1. The lowest BCUT2D eigenvalue weighted by molar-refractivity contribution is -0.0829. The highest BCUT2D eigenvalue weighted by Gasteiger charge is 2.41. The van der Waals surface area contributed by atoms with Gasteiger partial charge in [0.2, 0.25) is 0 Å². The van der Waals surface area contributed by atoms with Crippen molar-refractivity contribution in [3.8, 4) is 11.3 Å². The fourth-order valence-corrected chi connectivity index (χ4v) is 3.93. The molecule has 2 N–H and O–H groups in total.